The molecule has 3 rings (SSSR count). The predicted octanol–water partition coefficient (Wildman–Crippen LogP) is 4.13. The number of nitrogens with zero attached hydrogens (tertiary/aromatic N) is 4. The van der Waals surface area contributed by atoms with E-state index < -0.39 is 0 Å². The summed E-state index contributed by atoms with van der Waals surface area (Å²) in [5, 5.41) is 15.7. The molecule has 1 aromatic heterocycles. The molecular weight excluding hydrogens is 360 g/mol. The maximum absolute atomic E-state index is 4.85. The van der Waals surface area contributed by atoms with E-state index in [9.17, 15) is 0 Å². The van der Waals surface area contributed by atoms with Gasteiger partial charge in [0.1, 0.15) is 12.4 Å². The van der Waals surface area contributed by atoms with E-state index in [4.69, 9.17) is 4.99 Å². The molecule has 1 unspecified atom stereocenters. The van der Waals surface area contributed by atoms with E-state index in [2.05, 4.69) is 65.9 Å². The summed E-state index contributed by atoms with van der Waals surface area (Å²) in [5.41, 5.74) is 1.25. The Labute approximate surface area is 175 Å². The topological polar surface area (TPSA) is 67.1 Å². The van der Waals surface area contributed by atoms with E-state index in [0.717, 1.165) is 29.4 Å². The number of aromatic nitrogens is 3. The summed E-state index contributed by atoms with van der Waals surface area (Å²) in [7, 11) is 1.99. The summed E-state index contributed by atoms with van der Waals surface area (Å²) in [4.78, 5) is 4.85. The summed E-state index contributed by atoms with van der Waals surface area (Å²) in [6.07, 6.45) is 4.98. The highest BCUT2D eigenvalue weighted by molar-refractivity contribution is 5.80. The van der Waals surface area contributed by atoms with Crippen molar-refractivity contribution in [2.75, 3.05) is 0 Å². The van der Waals surface area contributed by atoms with Gasteiger partial charge in [-0.05, 0) is 56.9 Å². The normalized spacial score (nSPS) is 21.2. The molecule has 1 fully saturated rings. The van der Waals surface area contributed by atoms with Crippen molar-refractivity contribution in [1.82, 2.24) is 25.4 Å². The molecule has 0 aliphatic heterocycles. The van der Waals surface area contributed by atoms with E-state index >= 15 is 0 Å². The lowest BCUT2D eigenvalue weighted by atomic mass is 9.80. The average Bonchev–Trinajstić information content (AvgIpc) is 3.05. The number of hydrogen-bond acceptors (Lipinski definition) is 3. The van der Waals surface area contributed by atoms with Gasteiger partial charge in [0.25, 0.3) is 0 Å². The molecule has 1 aliphatic carbocycles. The molecule has 2 N–H and O–H groups in total. The van der Waals surface area contributed by atoms with Crippen molar-refractivity contribution in [2.45, 2.75) is 72.0 Å². The highest BCUT2D eigenvalue weighted by Gasteiger charge is 2.24. The largest absolute Gasteiger partial charge is 0.354 e. The van der Waals surface area contributed by atoms with Crippen LogP contribution in [0.25, 0.3) is 0 Å². The summed E-state index contributed by atoms with van der Waals surface area (Å²) >= 11 is 0. The van der Waals surface area contributed by atoms with Crippen LogP contribution in [0.3, 0.4) is 0 Å². The smallest absolute Gasteiger partial charge is 0.192 e. The lowest BCUT2D eigenvalue weighted by Gasteiger charge is -2.32. The molecule has 0 spiro atoms. The predicted molar refractivity (Wildman–Crippen MR) is 119 cm³/mol. The number of rotatable bonds is 6. The molecule has 1 saturated carbocycles. The fraction of sp³-hybridized carbons (Fsp3) is 0.609. The minimum absolute atomic E-state index is 0.177. The van der Waals surface area contributed by atoms with E-state index in [-0.39, 0.29) is 6.04 Å². The first-order chi connectivity index (χ1) is 13.9. The number of benzene rings is 1. The number of hydrogen-bond donors (Lipinski definition) is 2. The SMILES string of the molecule is Cc1nnc(CN=C(NC2CCC(C(C)C)CC2)NC(C)c2ccccc2)n1C. The second-order valence-electron chi connectivity index (χ2n) is 8.66. The molecule has 0 saturated heterocycles. The van der Waals surface area contributed by atoms with Gasteiger partial charge in [-0.3, -0.25) is 0 Å². The molecule has 6 nitrogen and oxygen atoms in total. The third-order valence-corrected chi connectivity index (χ3v) is 6.27. The molecule has 29 heavy (non-hydrogen) atoms. The third-order valence-electron chi connectivity index (χ3n) is 6.27. The van der Waals surface area contributed by atoms with Gasteiger partial charge in [0.05, 0.1) is 6.04 Å². The molecule has 0 radical (unpaired) electrons. The van der Waals surface area contributed by atoms with Crippen LogP contribution in [0.4, 0.5) is 0 Å². The number of nitrogens with one attached hydrogen (secondary N) is 2. The van der Waals surface area contributed by atoms with Gasteiger partial charge in [-0.1, -0.05) is 44.2 Å². The lowest BCUT2D eigenvalue weighted by Crippen LogP contribution is -2.46. The average molecular weight is 397 g/mol. The van der Waals surface area contributed by atoms with Crippen LogP contribution in [0.5, 0.6) is 0 Å². The summed E-state index contributed by atoms with van der Waals surface area (Å²) in [6, 6.07) is 11.1. The summed E-state index contributed by atoms with van der Waals surface area (Å²) < 4.78 is 2.00. The Hall–Kier alpha value is -2.37. The van der Waals surface area contributed by atoms with Crippen molar-refractivity contribution in [3.8, 4) is 0 Å². The fourth-order valence-electron chi connectivity index (χ4n) is 4.03. The van der Waals surface area contributed by atoms with Crippen LogP contribution in [0.15, 0.2) is 35.3 Å². The molecule has 6 heteroatoms. The van der Waals surface area contributed by atoms with Gasteiger partial charge < -0.3 is 15.2 Å². The lowest BCUT2D eigenvalue weighted by molar-refractivity contribution is 0.249. The first-order valence-corrected chi connectivity index (χ1v) is 10.9. The first kappa shape index (κ1) is 21.3. The zero-order valence-electron chi connectivity index (χ0n) is 18.5. The van der Waals surface area contributed by atoms with Crippen molar-refractivity contribution in [1.29, 1.82) is 0 Å². The minimum atomic E-state index is 0.177. The van der Waals surface area contributed by atoms with Gasteiger partial charge in [-0.2, -0.15) is 0 Å². The minimum Gasteiger partial charge on any atom is -0.354 e. The first-order valence-electron chi connectivity index (χ1n) is 10.9. The van der Waals surface area contributed by atoms with E-state index in [1.165, 1.54) is 31.2 Å². The highest BCUT2D eigenvalue weighted by atomic mass is 15.3. The van der Waals surface area contributed by atoms with E-state index in [1.807, 2.05) is 24.6 Å². The van der Waals surface area contributed by atoms with Crippen LogP contribution < -0.4 is 10.6 Å². The van der Waals surface area contributed by atoms with Crippen LogP contribution >= 0.6 is 0 Å². The van der Waals surface area contributed by atoms with Crippen molar-refractivity contribution in [2.24, 2.45) is 23.9 Å². The number of aryl methyl sites for hydroxylation is 1. The standard InChI is InChI=1S/C23H36N6/c1-16(2)19-11-13-21(14-12-19)26-23(24-15-22-28-27-18(4)29(22)5)25-17(3)20-9-7-6-8-10-20/h6-10,16-17,19,21H,11-15H2,1-5H3,(H2,24,25,26). The molecule has 1 aliphatic rings. The third kappa shape index (κ3) is 5.81. The Balaban J connectivity index is 1.69. The van der Waals surface area contributed by atoms with Crippen molar-refractivity contribution < 1.29 is 0 Å². The Morgan fingerprint density at radius 2 is 1.79 bits per heavy atom. The van der Waals surface area contributed by atoms with Crippen LogP contribution in [-0.2, 0) is 13.6 Å². The molecule has 0 amide bonds. The van der Waals surface area contributed by atoms with Gasteiger partial charge in [0.15, 0.2) is 11.8 Å². The van der Waals surface area contributed by atoms with Crippen LogP contribution in [0, 0.1) is 18.8 Å². The fourth-order valence-corrected chi connectivity index (χ4v) is 4.03. The molecule has 2 aromatic rings. The van der Waals surface area contributed by atoms with Gasteiger partial charge >= 0.3 is 0 Å². The molecule has 158 valence electrons. The highest BCUT2D eigenvalue weighted by Crippen LogP contribution is 2.29. The Bertz CT molecular complexity index is 787. The maximum Gasteiger partial charge on any atom is 0.192 e. The Morgan fingerprint density at radius 3 is 2.38 bits per heavy atom. The van der Waals surface area contributed by atoms with Gasteiger partial charge in [0.2, 0.25) is 0 Å². The molecular formula is C23H36N6. The quantitative estimate of drug-likeness (QED) is 0.569. The van der Waals surface area contributed by atoms with Gasteiger partial charge in [-0.15, -0.1) is 10.2 Å². The molecule has 0 bridgehead atoms. The number of guanidine groups is 1. The van der Waals surface area contributed by atoms with Gasteiger partial charge in [-0.25, -0.2) is 4.99 Å². The van der Waals surface area contributed by atoms with Gasteiger partial charge in [0, 0.05) is 13.1 Å². The van der Waals surface area contributed by atoms with Crippen molar-refractivity contribution >= 4 is 5.96 Å². The Morgan fingerprint density at radius 1 is 1.10 bits per heavy atom. The zero-order valence-corrected chi connectivity index (χ0v) is 18.5. The van der Waals surface area contributed by atoms with Crippen molar-refractivity contribution in [3.63, 3.8) is 0 Å². The molecule has 1 aromatic carbocycles. The maximum atomic E-state index is 4.85. The van der Waals surface area contributed by atoms with Crippen molar-refractivity contribution in [3.05, 3.63) is 47.5 Å². The monoisotopic (exact) mass is 396 g/mol. The van der Waals surface area contributed by atoms with E-state index in [1.54, 1.807) is 0 Å². The molecule has 1 atom stereocenters. The number of aliphatic imine (C=N–C) groups is 1. The second kappa shape index (κ2) is 9.90. The zero-order chi connectivity index (χ0) is 20.8. The molecule has 1 heterocycles. The van der Waals surface area contributed by atoms with Crippen LogP contribution in [0.1, 0.15) is 69.7 Å². The van der Waals surface area contributed by atoms with E-state index in [0.29, 0.717) is 12.6 Å². The van der Waals surface area contributed by atoms with Crippen LogP contribution in [-0.4, -0.2) is 26.8 Å². The second-order valence-corrected chi connectivity index (χ2v) is 8.66. The Kier molecular flexibility index (Phi) is 7.29. The summed E-state index contributed by atoms with van der Waals surface area (Å²) in [6.45, 7) is 9.33. The van der Waals surface area contributed by atoms with Crippen LogP contribution in [0.2, 0.25) is 0 Å². The summed E-state index contributed by atoms with van der Waals surface area (Å²) in [5.74, 6) is 4.27.